The highest BCUT2D eigenvalue weighted by Crippen LogP contribution is 2.33. The van der Waals surface area contributed by atoms with Crippen molar-refractivity contribution in [3.8, 4) is 0 Å². The molecule has 0 spiro atoms. The number of rotatable bonds is 5. The zero-order chi connectivity index (χ0) is 20.4. The minimum Gasteiger partial charge on any atom is -0.394 e. The van der Waals surface area contributed by atoms with Crippen molar-refractivity contribution in [1.29, 1.82) is 0 Å². The summed E-state index contributed by atoms with van der Waals surface area (Å²) >= 11 is 12.9. The summed E-state index contributed by atoms with van der Waals surface area (Å²) in [5.74, 6) is -0.455. The molecule has 0 unspecified atom stereocenters. The number of ether oxygens (including phenoxy) is 1. The zero-order valence-corrected chi connectivity index (χ0v) is 16.7. The first-order valence-electron chi connectivity index (χ1n) is 8.29. The first kappa shape index (κ1) is 21.4. The number of carbonyl (C=O) groups is 1. The number of benzene rings is 1. The molecule has 1 aliphatic heterocycles. The lowest BCUT2D eigenvalue weighted by atomic mass is 9.95. The van der Waals surface area contributed by atoms with E-state index in [9.17, 15) is 25.2 Å². The number of nitrogens with zero attached hydrogens (tertiary/aromatic N) is 1. The Balaban J connectivity index is 1.68. The second kappa shape index (κ2) is 9.02. The molecule has 0 saturated carbocycles. The summed E-state index contributed by atoms with van der Waals surface area (Å²) in [4.78, 5) is 16.5. The number of aromatic nitrogens is 1. The fourth-order valence-corrected chi connectivity index (χ4v) is 4.26. The van der Waals surface area contributed by atoms with Crippen molar-refractivity contribution < 1.29 is 30.0 Å². The van der Waals surface area contributed by atoms with E-state index in [1.54, 1.807) is 18.2 Å². The standard InChI is InChI=1S/C17H18Cl2N2O6S/c18-8-1-7(2-9(19)3-8)4-20-16(26)10-6-28-17(21-10)15-14(25)13(24)12(23)11(5-22)27-15/h1-3,6,11-15,22-25H,4-5H2,(H,20,26)/t11-,12+,13+,14-,15-/m1/s1. The van der Waals surface area contributed by atoms with Gasteiger partial charge in [-0.2, -0.15) is 0 Å². The summed E-state index contributed by atoms with van der Waals surface area (Å²) in [6, 6.07) is 4.93. The summed E-state index contributed by atoms with van der Waals surface area (Å²) < 4.78 is 5.44. The lowest BCUT2D eigenvalue weighted by molar-refractivity contribution is -0.231. The Morgan fingerprint density at radius 1 is 1.14 bits per heavy atom. The predicted octanol–water partition coefficient (Wildman–Crippen LogP) is 0.895. The number of nitrogens with one attached hydrogen (secondary N) is 1. The van der Waals surface area contributed by atoms with E-state index in [1.165, 1.54) is 5.38 Å². The Labute approximate surface area is 174 Å². The Hall–Kier alpha value is -1.30. The number of thiazole rings is 1. The quantitative estimate of drug-likeness (QED) is 0.458. The monoisotopic (exact) mass is 448 g/mol. The Bertz CT molecular complexity index is 829. The van der Waals surface area contributed by atoms with Gasteiger partial charge in [-0.25, -0.2) is 4.98 Å². The van der Waals surface area contributed by atoms with Crippen LogP contribution in [0.2, 0.25) is 10.0 Å². The summed E-state index contributed by atoms with van der Waals surface area (Å²) in [7, 11) is 0. The Morgan fingerprint density at radius 3 is 2.46 bits per heavy atom. The molecule has 5 atom stereocenters. The van der Waals surface area contributed by atoms with Crippen LogP contribution in [0.5, 0.6) is 0 Å². The molecule has 1 aromatic heterocycles. The first-order chi connectivity index (χ1) is 13.3. The highest BCUT2D eigenvalue weighted by atomic mass is 35.5. The summed E-state index contributed by atoms with van der Waals surface area (Å²) in [6.45, 7) is -0.353. The Morgan fingerprint density at radius 2 is 1.82 bits per heavy atom. The van der Waals surface area contributed by atoms with Gasteiger partial charge in [0.05, 0.1) is 6.61 Å². The number of aliphatic hydroxyl groups excluding tert-OH is 4. The molecule has 0 aliphatic carbocycles. The van der Waals surface area contributed by atoms with Gasteiger partial charge in [0.2, 0.25) is 0 Å². The second-order valence-corrected chi connectivity index (χ2v) is 8.04. The highest BCUT2D eigenvalue weighted by Gasteiger charge is 2.45. The van der Waals surface area contributed by atoms with Gasteiger partial charge in [-0.15, -0.1) is 11.3 Å². The molecule has 5 N–H and O–H groups in total. The lowest BCUT2D eigenvalue weighted by Crippen LogP contribution is -2.55. The molecular weight excluding hydrogens is 431 g/mol. The van der Waals surface area contributed by atoms with Gasteiger partial charge < -0.3 is 30.5 Å². The molecule has 28 heavy (non-hydrogen) atoms. The van der Waals surface area contributed by atoms with Crippen molar-refractivity contribution in [3.63, 3.8) is 0 Å². The number of hydrogen-bond acceptors (Lipinski definition) is 8. The number of aliphatic hydroxyl groups is 4. The SMILES string of the molecule is O=C(NCc1cc(Cl)cc(Cl)c1)c1csc([C@@H]2O[C@H](CO)[C@H](O)[C@H](O)[C@H]2O)n1. The van der Waals surface area contributed by atoms with Gasteiger partial charge in [-0.1, -0.05) is 23.2 Å². The van der Waals surface area contributed by atoms with Crippen LogP contribution >= 0.6 is 34.5 Å². The molecule has 152 valence electrons. The van der Waals surface area contributed by atoms with Crippen LogP contribution in [0.3, 0.4) is 0 Å². The van der Waals surface area contributed by atoms with E-state index in [2.05, 4.69) is 10.3 Å². The number of carbonyl (C=O) groups excluding carboxylic acids is 1. The minimum atomic E-state index is -1.51. The van der Waals surface area contributed by atoms with Gasteiger partial charge in [-0.05, 0) is 23.8 Å². The van der Waals surface area contributed by atoms with Crippen LogP contribution in [0.1, 0.15) is 27.2 Å². The summed E-state index contributed by atoms with van der Waals surface area (Å²) in [5, 5.41) is 44.5. The zero-order valence-electron chi connectivity index (χ0n) is 14.3. The van der Waals surface area contributed by atoms with Crippen LogP contribution in [0.4, 0.5) is 0 Å². The molecule has 0 radical (unpaired) electrons. The van der Waals surface area contributed by atoms with Gasteiger partial charge in [-0.3, -0.25) is 4.79 Å². The molecule has 0 bridgehead atoms. The average molecular weight is 449 g/mol. The van der Waals surface area contributed by atoms with Crippen molar-refractivity contribution >= 4 is 40.4 Å². The maximum Gasteiger partial charge on any atom is 0.271 e. The number of hydrogen-bond donors (Lipinski definition) is 5. The van der Waals surface area contributed by atoms with E-state index in [0.717, 1.165) is 16.9 Å². The smallest absolute Gasteiger partial charge is 0.271 e. The molecule has 2 aromatic rings. The van der Waals surface area contributed by atoms with E-state index >= 15 is 0 Å². The van der Waals surface area contributed by atoms with Gasteiger partial charge in [0.15, 0.2) is 0 Å². The predicted molar refractivity (Wildman–Crippen MR) is 102 cm³/mol. The van der Waals surface area contributed by atoms with Gasteiger partial charge in [0.25, 0.3) is 5.91 Å². The fraction of sp³-hybridized carbons (Fsp3) is 0.412. The first-order valence-corrected chi connectivity index (χ1v) is 9.93. The van der Waals surface area contributed by atoms with Crippen LogP contribution in [0.15, 0.2) is 23.6 Å². The highest BCUT2D eigenvalue weighted by molar-refractivity contribution is 7.09. The van der Waals surface area contributed by atoms with E-state index in [4.69, 9.17) is 27.9 Å². The maximum absolute atomic E-state index is 12.3. The van der Waals surface area contributed by atoms with Crippen LogP contribution in [0.25, 0.3) is 0 Å². The normalized spacial score (nSPS) is 27.6. The van der Waals surface area contributed by atoms with Gasteiger partial charge in [0, 0.05) is 22.0 Å². The van der Waals surface area contributed by atoms with Crippen LogP contribution in [0, 0.1) is 0 Å². The Kier molecular flexibility index (Phi) is 6.89. The molecule has 1 aliphatic rings. The molecular formula is C17H18Cl2N2O6S. The third-order valence-corrected chi connectivity index (χ3v) is 5.61. The third kappa shape index (κ3) is 4.64. The molecule has 3 rings (SSSR count). The number of halogens is 2. The number of amides is 1. The van der Waals surface area contributed by atoms with Gasteiger partial charge >= 0.3 is 0 Å². The van der Waals surface area contributed by atoms with Crippen molar-refractivity contribution in [2.45, 2.75) is 37.1 Å². The van der Waals surface area contributed by atoms with E-state index in [0.29, 0.717) is 10.0 Å². The van der Waals surface area contributed by atoms with Crippen molar-refractivity contribution in [3.05, 3.63) is 49.9 Å². The van der Waals surface area contributed by atoms with Gasteiger partial charge in [0.1, 0.15) is 41.2 Å². The van der Waals surface area contributed by atoms with Crippen molar-refractivity contribution in [1.82, 2.24) is 10.3 Å². The van der Waals surface area contributed by atoms with E-state index < -0.39 is 43.0 Å². The van der Waals surface area contributed by atoms with E-state index in [-0.39, 0.29) is 17.2 Å². The molecule has 11 heteroatoms. The van der Waals surface area contributed by atoms with Crippen molar-refractivity contribution in [2.24, 2.45) is 0 Å². The minimum absolute atomic E-state index is 0.102. The molecule has 1 aromatic carbocycles. The lowest BCUT2D eigenvalue weighted by Gasteiger charge is -2.39. The maximum atomic E-state index is 12.3. The summed E-state index contributed by atoms with van der Waals surface area (Å²) in [6.07, 6.45) is -6.53. The fourth-order valence-electron chi connectivity index (χ4n) is 2.81. The average Bonchev–Trinajstić information content (AvgIpc) is 3.14. The van der Waals surface area contributed by atoms with Crippen LogP contribution in [-0.4, -0.2) is 62.3 Å². The van der Waals surface area contributed by atoms with E-state index in [1.807, 2.05) is 0 Å². The molecule has 1 amide bonds. The molecule has 2 heterocycles. The third-order valence-electron chi connectivity index (χ3n) is 4.27. The molecule has 8 nitrogen and oxygen atoms in total. The largest absolute Gasteiger partial charge is 0.394 e. The topological polar surface area (TPSA) is 132 Å². The van der Waals surface area contributed by atoms with Crippen molar-refractivity contribution in [2.75, 3.05) is 6.61 Å². The molecule has 1 fully saturated rings. The summed E-state index contributed by atoms with van der Waals surface area (Å²) in [5.41, 5.74) is 0.820. The van der Waals surface area contributed by atoms with Crippen LogP contribution in [-0.2, 0) is 11.3 Å². The molecule has 1 saturated heterocycles. The second-order valence-electron chi connectivity index (χ2n) is 6.28. The van der Waals surface area contributed by atoms with Crippen LogP contribution < -0.4 is 5.32 Å².